The summed E-state index contributed by atoms with van der Waals surface area (Å²) >= 11 is 0. The molecule has 0 fully saturated rings. The first-order valence-corrected chi connectivity index (χ1v) is 3.85. The number of aliphatic hydroxyl groups is 3. The van der Waals surface area contributed by atoms with Crippen LogP contribution < -0.4 is 0 Å². The van der Waals surface area contributed by atoms with Crippen LogP contribution >= 0.6 is 0 Å². The zero-order valence-electron chi connectivity index (χ0n) is 4.88. The van der Waals surface area contributed by atoms with E-state index in [0.29, 0.717) is 0 Å². The van der Waals surface area contributed by atoms with Crippen molar-refractivity contribution >= 4 is 10.1 Å². The molecule has 0 spiro atoms. The first kappa shape index (κ1) is 9.79. The lowest BCUT2D eigenvalue weighted by Gasteiger charge is -2.07. The molecule has 1 unspecified atom stereocenters. The van der Waals surface area contributed by atoms with Gasteiger partial charge in [-0.2, -0.15) is 8.42 Å². The highest BCUT2D eigenvalue weighted by molar-refractivity contribution is 7.86. The minimum Gasteiger partial charge on any atom is -0.375 e. The van der Waals surface area contributed by atoms with Gasteiger partial charge in [-0.3, -0.25) is 4.55 Å². The van der Waals surface area contributed by atoms with Crippen molar-refractivity contribution in [2.24, 2.45) is 0 Å². The highest BCUT2D eigenvalue weighted by Crippen LogP contribution is 2.01. The fourth-order valence-electron chi connectivity index (χ4n) is 0.302. The van der Waals surface area contributed by atoms with E-state index in [-0.39, 0.29) is 0 Å². The minimum absolute atomic E-state index is 0.821. The molecule has 4 N–H and O–H groups in total. The van der Waals surface area contributed by atoms with Gasteiger partial charge in [0, 0.05) is 6.42 Å². The van der Waals surface area contributed by atoms with Crippen LogP contribution in [-0.2, 0) is 10.1 Å². The van der Waals surface area contributed by atoms with Crippen LogP contribution in [0.1, 0.15) is 6.42 Å². The Hall–Kier alpha value is -0.210. The molecular formula is C3H8O6S. The Kier molecular flexibility index (Phi) is 3.19. The Morgan fingerprint density at radius 2 is 1.60 bits per heavy atom. The second-order valence-corrected chi connectivity index (χ2v) is 3.26. The van der Waals surface area contributed by atoms with Gasteiger partial charge in [0.2, 0.25) is 0 Å². The van der Waals surface area contributed by atoms with E-state index in [4.69, 9.17) is 19.9 Å². The van der Waals surface area contributed by atoms with Crippen LogP contribution in [0.5, 0.6) is 0 Å². The number of hydrogen-bond acceptors (Lipinski definition) is 5. The molecule has 0 saturated heterocycles. The van der Waals surface area contributed by atoms with Crippen LogP contribution in [0, 0.1) is 0 Å². The summed E-state index contributed by atoms with van der Waals surface area (Å²) in [6.07, 6.45) is -2.77. The molecule has 0 aromatic rings. The van der Waals surface area contributed by atoms with E-state index in [9.17, 15) is 8.42 Å². The van der Waals surface area contributed by atoms with E-state index >= 15 is 0 Å². The van der Waals surface area contributed by atoms with Crippen LogP contribution in [0.4, 0.5) is 0 Å². The van der Waals surface area contributed by atoms with Crippen LogP contribution in [0.25, 0.3) is 0 Å². The summed E-state index contributed by atoms with van der Waals surface area (Å²) in [6, 6.07) is 0. The third kappa shape index (κ3) is 3.75. The lowest BCUT2D eigenvalue weighted by molar-refractivity contribution is -0.0597. The molecule has 0 aromatic carbocycles. The van der Waals surface area contributed by atoms with Gasteiger partial charge < -0.3 is 15.3 Å². The molecule has 0 aliphatic heterocycles. The second kappa shape index (κ2) is 3.26. The molecule has 7 heteroatoms. The lowest BCUT2D eigenvalue weighted by atomic mass is 10.4. The van der Waals surface area contributed by atoms with Gasteiger partial charge in [-0.15, -0.1) is 0 Å². The Morgan fingerprint density at radius 3 is 1.70 bits per heavy atom. The lowest BCUT2D eigenvalue weighted by Crippen LogP contribution is -2.25. The molecule has 6 nitrogen and oxygen atoms in total. The Labute approximate surface area is 57.5 Å². The van der Waals surface area contributed by atoms with E-state index in [1.807, 2.05) is 0 Å². The Bertz CT molecular complexity index is 181. The van der Waals surface area contributed by atoms with Crippen molar-refractivity contribution in [1.29, 1.82) is 0 Å². The molecule has 0 saturated carbocycles. The average molecular weight is 172 g/mol. The van der Waals surface area contributed by atoms with Gasteiger partial charge in [-0.1, -0.05) is 0 Å². The molecule has 0 rings (SSSR count). The Balaban J connectivity index is 3.99. The predicted octanol–water partition coefficient (Wildman–Crippen LogP) is -2.11. The van der Waals surface area contributed by atoms with E-state index < -0.39 is 28.3 Å². The van der Waals surface area contributed by atoms with E-state index in [0.717, 1.165) is 0 Å². The largest absolute Gasteiger partial charge is 0.375 e. The van der Waals surface area contributed by atoms with Crippen molar-refractivity contribution in [3.63, 3.8) is 0 Å². The molecule has 0 aliphatic rings. The summed E-state index contributed by atoms with van der Waals surface area (Å²) in [5.41, 5.74) is -2.13. The predicted molar refractivity (Wildman–Crippen MR) is 30.4 cm³/mol. The van der Waals surface area contributed by atoms with Gasteiger partial charge in [0.05, 0.1) is 0 Å². The van der Waals surface area contributed by atoms with Crippen LogP contribution in [0.15, 0.2) is 0 Å². The number of aliphatic hydroxyl groups excluding tert-OH is 2. The standard InChI is InChI=1S/C3H8O6S/c4-2(5)1-3(6)10(7,8)9/h2-6H,1H2,(H,7,8,9). The molecule has 62 valence electrons. The molecule has 0 bridgehead atoms. The van der Waals surface area contributed by atoms with Gasteiger partial charge in [0.25, 0.3) is 10.1 Å². The van der Waals surface area contributed by atoms with Crippen molar-refractivity contribution < 1.29 is 28.3 Å². The minimum atomic E-state index is -4.56. The zero-order valence-corrected chi connectivity index (χ0v) is 5.69. The summed E-state index contributed by atoms with van der Waals surface area (Å²) in [5.74, 6) is 0. The van der Waals surface area contributed by atoms with E-state index in [2.05, 4.69) is 0 Å². The summed E-state index contributed by atoms with van der Waals surface area (Å²) in [7, 11) is -4.56. The summed E-state index contributed by atoms with van der Waals surface area (Å²) < 4.78 is 27.9. The summed E-state index contributed by atoms with van der Waals surface area (Å²) in [4.78, 5) is 0. The molecule has 1 atom stereocenters. The smallest absolute Gasteiger partial charge is 0.292 e. The normalized spacial score (nSPS) is 15.7. The molecule has 0 aliphatic carbocycles. The zero-order chi connectivity index (χ0) is 8.36. The maximum Gasteiger partial charge on any atom is 0.292 e. The molecule has 0 heterocycles. The highest BCUT2D eigenvalue weighted by Gasteiger charge is 2.21. The maximum absolute atomic E-state index is 9.95. The summed E-state index contributed by atoms with van der Waals surface area (Å²) in [6.45, 7) is 0. The van der Waals surface area contributed by atoms with Crippen molar-refractivity contribution in [3.8, 4) is 0 Å². The topological polar surface area (TPSA) is 115 Å². The monoisotopic (exact) mass is 172 g/mol. The maximum atomic E-state index is 9.95. The third-order valence-corrected chi connectivity index (χ3v) is 1.64. The first-order chi connectivity index (χ1) is 4.34. The highest BCUT2D eigenvalue weighted by atomic mass is 32.2. The SMILES string of the molecule is O=S(=O)(O)C(O)CC(O)O. The average Bonchev–Trinajstić information content (AvgIpc) is 1.60. The fourth-order valence-corrected chi connectivity index (χ4v) is 0.717. The van der Waals surface area contributed by atoms with Gasteiger partial charge in [0.15, 0.2) is 11.7 Å². The number of rotatable bonds is 3. The summed E-state index contributed by atoms with van der Waals surface area (Å²) in [5, 5.41) is 24.6. The van der Waals surface area contributed by atoms with Crippen molar-refractivity contribution in [2.75, 3.05) is 0 Å². The molecule has 0 aromatic heterocycles. The van der Waals surface area contributed by atoms with Crippen LogP contribution in [0.2, 0.25) is 0 Å². The van der Waals surface area contributed by atoms with Gasteiger partial charge in [-0.25, -0.2) is 0 Å². The third-order valence-electron chi connectivity index (χ3n) is 0.756. The first-order valence-electron chi connectivity index (χ1n) is 2.34. The van der Waals surface area contributed by atoms with Crippen LogP contribution in [-0.4, -0.2) is 40.0 Å². The molecule has 0 amide bonds. The molecule has 0 radical (unpaired) electrons. The second-order valence-electron chi connectivity index (χ2n) is 1.69. The van der Waals surface area contributed by atoms with Gasteiger partial charge in [-0.05, 0) is 0 Å². The molecule has 10 heavy (non-hydrogen) atoms. The quantitative estimate of drug-likeness (QED) is 0.286. The number of hydrogen-bond donors (Lipinski definition) is 4. The van der Waals surface area contributed by atoms with Crippen molar-refractivity contribution in [1.82, 2.24) is 0 Å². The van der Waals surface area contributed by atoms with Crippen molar-refractivity contribution in [3.05, 3.63) is 0 Å². The molecular weight excluding hydrogens is 164 g/mol. The van der Waals surface area contributed by atoms with Crippen molar-refractivity contribution in [2.45, 2.75) is 18.1 Å². The fraction of sp³-hybridized carbons (Fsp3) is 1.00. The van der Waals surface area contributed by atoms with Crippen LogP contribution in [0.3, 0.4) is 0 Å². The Morgan fingerprint density at radius 1 is 1.20 bits per heavy atom. The van der Waals surface area contributed by atoms with E-state index in [1.165, 1.54) is 0 Å². The van der Waals surface area contributed by atoms with E-state index in [1.54, 1.807) is 0 Å². The van der Waals surface area contributed by atoms with Gasteiger partial charge >= 0.3 is 0 Å². The van der Waals surface area contributed by atoms with Gasteiger partial charge in [0.1, 0.15) is 0 Å².